The lowest BCUT2D eigenvalue weighted by Gasteiger charge is -2.20. The average molecular weight is 315 g/mol. The lowest BCUT2D eigenvalue weighted by Crippen LogP contribution is -2.13. The molecule has 0 fully saturated rings. The van der Waals surface area contributed by atoms with Gasteiger partial charge in [0.15, 0.2) is 0 Å². The molecule has 2 aromatic rings. The zero-order chi connectivity index (χ0) is 15.0. The number of aryl methyl sites for hydroxylation is 1. The number of hydrogen-bond donors (Lipinski definition) is 0. The maximum atomic E-state index is 12.8. The monoisotopic (exact) mass is 314 g/mol. The van der Waals surface area contributed by atoms with E-state index in [0.717, 1.165) is 18.4 Å². The summed E-state index contributed by atoms with van der Waals surface area (Å²) in [4.78, 5) is 6.81. The van der Waals surface area contributed by atoms with Gasteiger partial charge >= 0.3 is 6.18 Å². The van der Waals surface area contributed by atoms with E-state index in [0.29, 0.717) is 17.9 Å². The molecule has 3 nitrogen and oxygen atoms in total. The Morgan fingerprint density at radius 2 is 2.00 bits per heavy atom. The molecule has 1 aromatic heterocycles. The first kappa shape index (κ1) is 14.1. The summed E-state index contributed by atoms with van der Waals surface area (Å²) in [6.45, 7) is 0.537. The minimum atomic E-state index is -4.64. The molecule has 0 atom stereocenters. The molecule has 0 spiro atoms. The lowest BCUT2D eigenvalue weighted by molar-refractivity contribution is -0.144. The van der Waals surface area contributed by atoms with Gasteiger partial charge in [0.25, 0.3) is 0 Å². The van der Waals surface area contributed by atoms with Gasteiger partial charge in [0.1, 0.15) is 10.9 Å². The Labute approximate surface area is 123 Å². The SMILES string of the molecule is FC(F)(F)c1nc(Cl)cc(-c2cccc3c2OCCC3)n1. The minimum absolute atomic E-state index is 0.112. The van der Waals surface area contributed by atoms with E-state index in [9.17, 15) is 13.2 Å². The number of nitrogens with zero attached hydrogens (tertiary/aromatic N) is 2. The predicted molar refractivity (Wildman–Crippen MR) is 71.3 cm³/mol. The van der Waals surface area contributed by atoms with Crippen LogP contribution in [0.4, 0.5) is 13.2 Å². The first-order valence-corrected chi connectivity index (χ1v) is 6.70. The van der Waals surface area contributed by atoms with Crippen LogP contribution in [0.15, 0.2) is 24.3 Å². The van der Waals surface area contributed by atoms with Crippen LogP contribution in [0.5, 0.6) is 5.75 Å². The van der Waals surface area contributed by atoms with Crippen LogP contribution in [-0.4, -0.2) is 16.6 Å². The number of aromatic nitrogens is 2. The summed E-state index contributed by atoms with van der Waals surface area (Å²) >= 11 is 5.70. The fourth-order valence-electron chi connectivity index (χ4n) is 2.27. The minimum Gasteiger partial charge on any atom is -0.493 e. The number of para-hydroxylation sites is 1. The van der Waals surface area contributed by atoms with E-state index < -0.39 is 12.0 Å². The van der Waals surface area contributed by atoms with Crippen molar-refractivity contribution in [3.8, 4) is 17.0 Å². The van der Waals surface area contributed by atoms with Crippen LogP contribution in [0.25, 0.3) is 11.3 Å². The van der Waals surface area contributed by atoms with E-state index in [-0.39, 0.29) is 10.8 Å². The molecule has 0 amide bonds. The molecule has 1 aliphatic heterocycles. The van der Waals surface area contributed by atoms with Gasteiger partial charge in [-0.2, -0.15) is 13.2 Å². The highest BCUT2D eigenvalue weighted by atomic mass is 35.5. The molecule has 0 bridgehead atoms. The molecular weight excluding hydrogens is 305 g/mol. The topological polar surface area (TPSA) is 35.0 Å². The van der Waals surface area contributed by atoms with Crippen molar-refractivity contribution in [2.24, 2.45) is 0 Å². The lowest BCUT2D eigenvalue weighted by atomic mass is 10.0. The summed E-state index contributed by atoms with van der Waals surface area (Å²) in [5.74, 6) is -0.676. The smallest absolute Gasteiger partial charge is 0.451 e. The van der Waals surface area contributed by atoms with Crippen molar-refractivity contribution in [1.29, 1.82) is 0 Å². The second-order valence-electron chi connectivity index (χ2n) is 4.64. The van der Waals surface area contributed by atoms with Crippen LogP contribution in [0.1, 0.15) is 17.8 Å². The molecule has 0 saturated heterocycles. The number of halogens is 4. The van der Waals surface area contributed by atoms with Crippen molar-refractivity contribution in [1.82, 2.24) is 9.97 Å². The first-order valence-electron chi connectivity index (χ1n) is 6.32. The van der Waals surface area contributed by atoms with Gasteiger partial charge in [-0.15, -0.1) is 0 Å². The molecule has 0 saturated carbocycles. The summed E-state index contributed by atoms with van der Waals surface area (Å²) in [6.07, 6.45) is -2.93. The molecule has 1 aromatic carbocycles. The summed E-state index contributed by atoms with van der Waals surface area (Å²) in [7, 11) is 0. The molecule has 0 N–H and O–H groups in total. The summed E-state index contributed by atoms with van der Waals surface area (Å²) < 4.78 is 44.0. The van der Waals surface area contributed by atoms with Gasteiger partial charge in [0.05, 0.1) is 12.3 Å². The van der Waals surface area contributed by atoms with Crippen molar-refractivity contribution >= 4 is 11.6 Å². The number of alkyl halides is 3. The highest BCUT2D eigenvalue weighted by Gasteiger charge is 2.35. The zero-order valence-corrected chi connectivity index (χ0v) is 11.5. The van der Waals surface area contributed by atoms with Crippen LogP contribution in [0.3, 0.4) is 0 Å². The Morgan fingerprint density at radius 3 is 2.76 bits per heavy atom. The van der Waals surface area contributed by atoms with Gasteiger partial charge in [-0.05, 0) is 24.5 Å². The molecule has 0 radical (unpaired) electrons. The third-order valence-corrected chi connectivity index (χ3v) is 3.35. The van der Waals surface area contributed by atoms with Gasteiger partial charge < -0.3 is 4.74 Å². The molecular formula is C14H10ClF3N2O. The molecule has 21 heavy (non-hydrogen) atoms. The van der Waals surface area contributed by atoms with E-state index in [1.807, 2.05) is 6.07 Å². The fourth-order valence-corrected chi connectivity index (χ4v) is 2.46. The standard InChI is InChI=1S/C14H10ClF3N2O/c15-11-7-10(19-13(20-11)14(16,17)18)9-5-1-3-8-4-2-6-21-12(8)9/h1,3,5,7H,2,4,6H2. The highest BCUT2D eigenvalue weighted by Crippen LogP contribution is 2.37. The largest absolute Gasteiger partial charge is 0.493 e. The summed E-state index contributed by atoms with van der Waals surface area (Å²) in [5.41, 5.74) is 1.57. The number of rotatable bonds is 1. The third kappa shape index (κ3) is 2.81. The van der Waals surface area contributed by atoms with Crippen LogP contribution in [0.2, 0.25) is 5.15 Å². The van der Waals surface area contributed by atoms with E-state index >= 15 is 0 Å². The van der Waals surface area contributed by atoms with E-state index in [4.69, 9.17) is 16.3 Å². The number of benzene rings is 1. The maximum Gasteiger partial charge on any atom is 0.451 e. The quantitative estimate of drug-likeness (QED) is 0.742. The highest BCUT2D eigenvalue weighted by molar-refractivity contribution is 6.29. The van der Waals surface area contributed by atoms with Crippen molar-refractivity contribution in [2.75, 3.05) is 6.61 Å². The third-order valence-electron chi connectivity index (χ3n) is 3.16. The Bertz CT molecular complexity index is 688. The van der Waals surface area contributed by atoms with Gasteiger partial charge in [-0.3, -0.25) is 0 Å². The predicted octanol–water partition coefficient (Wildman–Crippen LogP) is 4.14. The van der Waals surface area contributed by atoms with E-state index in [2.05, 4.69) is 9.97 Å². The molecule has 0 aliphatic carbocycles. The average Bonchev–Trinajstić information content (AvgIpc) is 2.45. The van der Waals surface area contributed by atoms with Crippen molar-refractivity contribution in [3.63, 3.8) is 0 Å². The number of ether oxygens (including phenoxy) is 1. The van der Waals surface area contributed by atoms with Crippen LogP contribution < -0.4 is 4.74 Å². The summed E-state index contributed by atoms with van der Waals surface area (Å²) in [6, 6.07) is 6.64. The van der Waals surface area contributed by atoms with E-state index in [1.54, 1.807) is 12.1 Å². The van der Waals surface area contributed by atoms with Gasteiger partial charge in [0.2, 0.25) is 5.82 Å². The first-order chi connectivity index (χ1) is 9.95. The fraction of sp³-hybridized carbons (Fsp3) is 0.286. The molecule has 7 heteroatoms. The molecule has 0 unspecified atom stereocenters. The number of hydrogen-bond acceptors (Lipinski definition) is 3. The van der Waals surface area contributed by atoms with Crippen molar-refractivity contribution in [2.45, 2.75) is 19.0 Å². The second-order valence-corrected chi connectivity index (χ2v) is 5.03. The Hall–Kier alpha value is -1.82. The van der Waals surface area contributed by atoms with Gasteiger partial charge in [0, 0.05) is 11.6 Å². The Balaban J connectivity index is 2.15. The van der Waals surface area contributed by atoms with Crippen molar-refractivity contribution < 1.29 is 17.9 Å². The molecule has 110 valence electrons. The molecule has 2 heterocycles. The normalized spacial score (nSPS) is 14.5. The van der Waals surface area contributed by atoms with Gasteiger partial charge in [-0.1, -0.05) is 23.7 Å². The van der Waals surface area contributed by atoms with Crippen molar-refractivity contribution in [3.05, 3.63) is 40.8 Å². The zero-order valence-electron chi connectivity index (χ0n) is 10.7. The Morgan fingerprint density at radius 1 is 1.19 bits per heavy atom. The van der Waals surface area contributed by atoms with Crippen LogP contribution in [-0.2, 0) is 12.6 Å². The van der Waals surface area contributed by atoms with Crippen LogP contribution >= 0.6 is 11.6 Å². The molecule has 1 aliphatic rings. The maximum absolute atomic E-state index is 12.8. The number of fused-ring (bicyclic) bond motifs is 1. The van der Waals surface area contributed by atoms with Gasteiger partial charge in [-0.25, -0.2) is 9.97 Å². The van der Waals surface area contributed by atoms with E-state index in [1.165, 1.54) is 6.07 Å². The Kier molecular flexibility index (Phi) is 3.49. The molecule has 3 rings (SSSR count). The second kappa shape index (κ2) is 5.18. The summed E-state index contributed by atoms with van der Waals surface area (Å²) in [5, 5.41) is -0.249. The van der Waals surface area contributed by atoms with Crippen LogP contribution in [0, 0.1) is 0 Å².